The Morgan fingerprint density at radius 1 is 1.00 bits per heavy atom. The van der Waals surface area contributed by atoms with E-state index < -0.39 is 0 Å². The number of amides is 1. The monoisotopic (exact) mass is 380 g/mol. The Bertz CT molecular complexity index is 886. The van der Waals surface area contributed by atoms with E-state index in [-0.39, 0.29) is 11.2 Å². The molecule has 1 aromatic heterocycles. The molecule has 0 aliphatic rings. The number of aromatic nitrogens is 2. The first kappa shape index (κ1) is 19.0. The predicted octanol–water partition coefficient (Wildman–Crippen LogP) is 3.71. The van der Waals surface area contributed by atoms with Crippen molar-refractivity contribution in [2.24, 2.45) is 0 Å². The molecule has 1 heterocycles. The molecule has 2 N–H and O–H groups in total. The molecular formula is C21H21ClN4O. The number of rotatable bonds is 8. The van der Waals surface area contributed by atoms with Crippen molar-refractivity contribution in [1.82, 2.24) is 20.6 Å². The fourth-order valence-corrected chi connectivity index (χ4v) is 2.82. The van der Waals surface area contributed by atoms with Crippen molar-refractivity contribution in [1.29, 1.82) is 0 Å². The van der Waals surface area contributed by atoms with Crippen molar-refractivity contribution in [2.45, 2.75) is 13.0 Å². The summed E-state index contributed by atoms with van der Waals surface area (Å²) in [6, 6.07) is 19.2. The van der Waals surface area contributed by atoms with E-state index in [9.17, 15) is 4.79 Å². The first-order valence-electron chi connectivity index (χ1n) is 8.84. The summed E-state index contributed by atoms with van der Waals surface area (Å²) in [5.74, 6) is -0.0354. The van der Waals surface area contributed by atoms with Crippen molar-refractivity contribution in [2.75, 3.05) is 13.1 Å². The van der Waals surface area contributed by atoms with Crippen LogP contribution in [0.5, 0.6) is 0 Å². The highest BCUT2D eigenvalue weighted by Crippen LogP contribution is 2.19. The molecule has 0 radical (unpaired) electrons. The largest absolute Gasteiger partial charge is 0.352 e. The summed E-state index contributed by atoms with van der Waals surface area (Å²) in [5.41, 5.74) is 3.66. The average molecular weight is 381 g/mol. The molecule has 0 unspecified atom stereocenters. The Morgan fingerprint density at radius 3 is 2.67 bits per heavy atom. The van der Waals surface area contributed by atoms with Gasteiger partial charge in [0.05, 0.1) is 5.69 Å². The number of nitrogens with one attached hydrogen (secondary N) is 2. The Balaban J connectivity index is 1.41. The van der Waals surface area contributed by atoms with Crippen LogP contribution < -0.4 is 10.6 Å². The zero-order valence-electron chi connectivity index (χ0n) is 14.9. The van der Waals surface area contributed by atoms with Crippen molar-refractivity contribution < 1.29 is 4.79 Å². The average Bonchev–Trinajstić information content (AvgIpc) is 2.71. The minimum Gasteiger partial charge on any atom is -0.352 e. The Kier molecular flexibility index (Phi) is 6.90. The van der Waals surface area contributed by atoms with Gasteiger partial charge in [-0.05, 0) is 54.4 Å². The summed E-state index contributed by atoms with van der Waals surface area (Å²) < 4.78 is 0. The van der Waals surface area contributed by atoms with Gasteiger partial charge in [-0.25, -0.2) is 9.97 Å². The van der Waals surface area contributed by atoms with Crippen LogP contribution in [0.4, 0.5) is 0 Å². The summed E-state index contributed by atoms with van der Waals surface area (Å²) in [6.07, 6.45) is 2.51. The second-order valence-corrected chi connectivity index (χ2v) is 6.40. The van der Waals surface area contributed by atoms with Crippen molar-refractivity contribution >= 4 is 17.5 Å². The SMILES string of the molecule is O=C(NCCCNCc1cccc(-c2ccnc(Cl)n2)c1)c1ccccc1. The molecule has 2 aromatic carbocycles. The van der Waals surface area contributed by atoms with E-state index in [4.69, 9.17) is 11.6 Å². The topological polar surface area (TPSA) is 66.9 Å². The molecule has 5 nitrogen and oxygen atoms in total. The summed E-state index contributed by atoms with van der Waals surface area (Å²) in [7, 11) is 0. The van der Waals surface area contributed by atoms with Crippen LogP contribution in [0, 0.1) is 0 Å². The second kappa shape index (κ2) is 9.80. The summed E-state index contributed by atoms with van der Waals surface area (Å²) in [4.78, 5) is 20.1. The van der Waals surface area contributed by atoms with E-state index in [0.29, 0.717) is 12.1 Å². The zero-order chi connectivity index (χ0) is 18.9. The van der Waals surface area contributed by atoms with Gasteiger partial charge in [-0.1, -0.05) is 36.4 Å². The first-order chi connectivity index (χ1) is 13.2. The van der Waals surface area contributed by atoms with Gasteiger partial charge in [-0.2, -0.15) is 0 Å². The van der Waals surface area contributed by atoms with Gasteiger partial charge in [0.1, 0.15) is 0 Å². The molecule has 0 fully saturated rings. The summed E-state index contributed by atoms with van der Waals surface area (Å²) >= 11 is 5.86. The first-order valence-corrected chi connectivity index (χ1v) is 9.22. The smallest absolute Gasteiger partial charge is 0.251 e. The van der Waals surface area contributed by atoms with Gasteiger partial charge >= 0.3 is 0 Å². The lowest BCUT2D eigenvalue weighted by Crippen LogP contribution is -2.27. The number of hydrogen-bond acceptors (Lipinski definition) is 4. The van der Waals surface area contributed by atoms with Crippen molar-refractivity contribution in [3.05, 3.63) is 83.3 Å². The summed E-state index contributed by atoms with van der Waals surface area (Å²) in [5, 5.41) is 6.57. The maximum absolute atomic E-state index is 11.9. The van der Waals surface area contributed by atoms with Gasteiger partial charge in [0.25, 0.3) is 5.91 Å². The molecule has 1 amide bonds. The van der Waals surface area contributed by atoms with Crippen LogP contribution in [0.3, 0.4) is 0 Å². The minimum atomic E-state index is -0.0354. The molecule has 0 saturated heterocycles. The highest BCUT2D eigenvalue weighted by molar-refractivity contribution is 6.28. The number of carbonyl (C=O) groups excluding carboxylic acids is 1. The third kappa shape index (κ3) is 5.88. The number of nitrogens with zero attached hydrogens (tertiary/aromatic N) is 2. The molecule has 0 saturated carbocycles. The highest BCUT2D eigenvalue weighted by Gasteiger charge is 2.04. The molecule has 0 aliphatic carbocycles. The number of halogens is 1. The van der Waals surface area contributed by atoms with Gasteiger partial charge in [0.15, 0.2) is 0 Å². The van der Waals surface area contributed by atoms with E-state index in [1.54, 1.807) is 6.20 Å². The van der Waals surface area contributed by atoms with E-state index in [2.05, 4.69) is 32.7 Å². The molecule has 0 aliphatic heterocycles. The third-order valence-corrected chi connectivity index (χ3v) is 4.21. The van der Waals surface area contributed by atoms with E-state index in [0.717, 1.165) is 36.3 Å². The van der Waals surface area contributed by atoms with Gasteiger partial charge in [-0.15, -0.1) is 0 Å². The van der Waals surface area contributed by atoms with Crippen molar-refractivity contribution in [3.63, 3.8) is 0 Å². The lowest BCUT2D eigenvalue weighted by molar-refractivity contribution is 0.0953. The lowest BCUT2D eigenvalue weighted by Gasteiger charge is -2.08. The molecule has 138 valence electrons. The quantitative estimate of drug-likeness (QED) is 0.462. The Hall–Kier alpha value is -2.76. The number of carbonyl (C=O) groups is 1. The molecule has 6 heteroatoms. The number of hydrogen-bond donors (Lipinski definition) is 2. The van der Waals surface area contributed by atoms with Crippen LogP contribution in [-0.4, -0.2) is 29.0 Å². The molecular weight excluding hydrogens is 360 g/mol. The molecule has 3 rings (SSSR count). The normalized spacial score (nSPS) is 10.6. The molecule has 27 heavy (non-hydrogen) atoms. The predicted molar refractivity (Wildman–Crippen MR) is 108 cm³/mol. The van der Waals surface area contributed by atoms with Crippen LogP contribution in [0.2, 0.25) is 5.28 Å². The van der Waals surface area contributed by atoms with Crippen LogP contribution in [0.15, 0.2) is 66.9 Å². The van der Waals surface area contributed by atoms with E-state index in [1.165, 1.54) is 0 Å². The number of benzene rings is 2. The Morgan fingerprint density at radius 2 is 1.85 bits per heavy atom. The van der Waals surface area contributed by atoms with Crippen molar-refractivity contribution in [3.8, 4) is 11.3 Å². The van der Waals surface area contributed by atoms with Crippen LogP contribution in [-0.2, 0) is 6.54 Å². The zero-order valence-corrected chi connectivity index (χ0v) is 15.6. The van der Waals surface area contributed by atoms with Crippen LogP contribution in [0.25, 0.3) is 11.3 Å². The second-order valence-electron chi connectivity index (χ2n) is 6.06. The molecule has 0 bridgehead atoms. The minimum absolute atomic E-state index is 0.0354. The lowest BCUT2D eigenvalue weighted by atomic mass is 10.1. The molecule has 0 atom stereocenters. The standard InChI is InChI=1S/C21H21ClN4O/c22-21-25-13-10-19(26-21)18-9-4-6-16(14-18)15-23-11-5-12-24-20(27)17-7-2-1-3-8-17/h1-4,6-10,13-14,23H,5,11-12,15H2,(H,24,27). The van der Waals surface area contributed by atoms with Crippen LogP contribution in [0.1, 0.15) is 22.3 Å². The maximum atomic E-state index is 11.9. The van der Waals surface area contributed by atoms with Gasteiger partial charge in [0.2, 0.25) is 5.28 Å². The third-order valence-electron chi connectivity index (χ3n) is 4.03. The van der Waals surface area contributed by atoms with Gasteiger partial charge in [-0.3, -0.25) is 4.79 Å². The van der Waals surface area contributed by atoms with Gasteiger partial charge in [0, 0.05) is 30.4 Å². The summed E-state index contributed by atoms with van der Waals surface area (Å²) in [6.45, 7) is 2.21. The fraction of sp³-hybridized carbons (Fsp3) is 0.190. The van der Waals surface area contributed by atoms with Crippen LogP contribution >= 0.6 is 11.6 Å². The molecule has 0 spiro atoms. The Labute approximate surface area is 163 Å². The maximum Gasteiger partial charge on any atom is 0.251 e. The van der Waals surface area contributed by atoms with E-state index >= 15 is 0 Å². The fourth-order valence-electron chi connectivity index (χ4n) is 2.68. The van der Waals surface area contributed by atoms with E-state index in [1.807, 2.05) is 48.5 Å². The van der Waals surface area contributed by atoms with Gasteiger partial charge < -0.3 is 10.6 Å². The highest BCUT2D eigenvalue weighted by atomic mass is 35.5. The molecule has 3 aromatic rings.